The van der Waals surface area contributed by atoms with Gasteiger partial charge in [0, 0.05) is 4.47 Å². The largest absolute Gasteiger partial charge is 0.483 e. The van der Waals surface area contributed by atoms with E-state index in [1.807, 2.05) is 0 Å². The maximum atomic E-state index is 13.0. The summed E-state index contributed by atoms with van der Waals surface area (Å²) in [6, 6.07) is 4.41. The van der Waals surface area contributed by atoms with E-state index in [2.05, 4.69) is 15.9 Å². The zero-order chi connectivity index (χ0) is 9.84. The van der Waals surface area contributed by atoms with Gasteiger partial charge in [-0.15, -0.1) is 0 Å². The molecule has 0 N–H and O–H groups in total. The Hall–Kier alpha value is -0.900. The molecule has 1 aromatic carbocycles. The van der Waals surface area contributed by atoms with E-state index in [9.17, 15) is 9.18 Å². The van der Waals surface area contributed by atoms with Crippen LogP contribution in [0.2, 0.25) is 0 Å². The lowest BCUT2D eigenvalue weighted by Crippen LogP contribution is -2.07. The van der Waals surface area contributed by atoms with E-state index in [-0.39, 0.29) is 18.1 Å². The van der Waals surface area contributed by atoms with Crippen molar-refractivity contribution in [2.75, 3.05) is 6.61 Å². The molecule has 0 amide bonds. The molecule has 0 saturated heterocycles. The molecular weight excluding hydrogens is 239 g/mol. The number of halogens is 2. The number of rotatable bonds is 3. The maximum absolute atomic E-state index is 13.0. The fraction of sp³-hybridized carbons (Fsp3) is 0.222. The monoisotopic (exact) mass is 246 g/mol. The fourth-order valence-electron chi connectivity index (χ4n) is 0.772. The topological polar surface area (TPSA) is 26.3 Å². The number of ether oxygens (including phenoxy) is 1. The zero-order valence-corrected chi connectivity index (χ0v) is 8.60. The van der Waals surface area contributed by atoms with Gasteiger partial charge in [0.05, 0.1) is 0 Å². The van der Waals surface area contributed by atoms with Gasteiger partial charge in [-0.3, -0.25) is 4.79 Å². The van der Waals surface area contributed by atoms with E-state index in [0.29, 0.717) is 4.47 Å². The van der Waals surface area contributed by atoms with E-state index >= 15 is 0 Å². The minimum Gasteiger partial charge on any atom is -0.483 e. The third-order valence-corrected chi connectivity index (χ3v) is 1.82. The van der Waals surface area contributed by atoms with Gasteiger partial charge < -0.3 is 4.74 Å². The number of hydrogen-bond donors (Lipinski definition) is 0. The first kappa shape index (κ1) is 10.2. The van der Waals surface area contributed by atoms with Gasteiger partial charge in [0.15, 0.2) is 17.3 Å². The molecule has 1 rings (SSSR count). The molecule has 0 heterocycles. The summed E-state index contributed by atoms with van der Waals surface area (Å²) >= 11 is 3.11. The molecule has 0 aliphatic heterocycles. The number of carbonyl (C=O) groups excluding carboxylic acids is 1. The van der Waals surface area contributed by atoms with Crippen LogP contribution >= 0.6 is 15.9 Å². The second-order valence-corrected chi connectivity index (χ2v) is 3.48. The van der Waals surface area contributed by atoms with Crippen molar-refractivity contribution in [3.8, 4) is 5.75 Å². The summed E-state index contributed by atoms with van der Waals surface area (Å²) < 4.78 is 18.6. The highest BCUT2D eigenvalue weighted by molar-refractivity contribution is 9.10. The van der Waals surface area contributed by atoms with Crippen molar-refractivity contribution >= 4 is 21.7 Å². The molecule has 0 fully saturated rings. The number of ketones is 1. The van der Waals surface area contributed by atoms with Crippen LogP contribution in [0.25, 0.3) is 0 Å². The quantitative estimate of drug-likeness (QED) is 0.820. The van der Waals surface area contributed by atoms with Crippen LogP contribution in [0.5, 0.6) is 5.75 Å². The van der Waals surface area contributed by atoms with Gasteiger partial charge in [0.25, 0.3) is 0 Å². The van der Waals surface area contributed by atoms with Gasteiger partial charge >= 0.3 is 0 Å². The summed E-state index contributed by atoms with van der Waals surface area (Å²) in [5.41, 5.74) is 0. The number of benzene rings is 1. The van der Waals surface area contributed by atoms with Crippen LogP contribution in [0, 0.1) is 5.82 Å². The van der Waals surface area contributed by atoms with Crippen molar-refractivity contribution in [3.05, 3.63) is 28.5 Å². The maximum Gasteiger partial charge on any atom is 0.167 e. The minimum atomic E-state index is -0.476. The normalized spacial score (nSPS) is 9.77. The summed E-state index contributed by atoms with van der Waals surface area (Å²) in [6.45, 7) is 1.29. The van der Waals surface area contributed by atoms with Crippen LogP contribution < -0.4 is 4.74 Å². The molecule has 13 heavy (non-hydrogen) atoms. The third-order valence-electron chi connectivity index (χ3n) is 1.32. The summed E-state index contributed by atoms with van der Waals surface area (Å²) in [4.78, 5) is 10.5. The SMILES string of the molecule is CC(=O)COc1ccc(Br)cc1F. The van der Waals surface area contributed by atoms with E-state index in [4.69, 9.17) is 4.74 Å². The molecule has 0 saturated carbocycles. The molecule has 70 valence electrons. The Balaban J connectivity index is 2.72. The van der Waals surface area contributed by atoms with Gasteiger partial charge in [-0.2, -0.15) is 0 Å². The van der Waals surface area contributed by atoms with Crippen LogP contribution in [-0.4, -0.2) is 12.4 Å². The van der Waals surface area contributed by atoms with Gasteiger partial charge in [0.2, 0.25) is 0 Å². The second-order valence-electron chi connectivity index (χ2n) is 2.57. The Morgan fingerprint density at radius 3 is 2.85 bits per heavy atom. The number of Topliss-reactive ketones (excluding diaryl/α,β-unsaturated/α-hetero) is 1. The average Bonchev–Trinajstić information content (AvgIpc) is 2.02. The second kappa shape index (κ2) is 4.37. The lowest BCUT2D eigenvalue weighted by atomic mass is 10.3. The zero-order valence-electron chi connectivity index (χ0n) is 7.01. The smallest absolute Gasteiger partial charge is 0.167 e. The van der Waals surface area contributed by atoms with Crippen molar-refractivity contribution in [2.24, 2.45) is 0 Å². The highest BCUT2D eigenvalue weighted by Crippen LogP contribution is 2.21. The molecule has 2 nitrogen and oxygen atoms in total. The molecule has 0 aliphatic rings. The Morgan fingerprint density at radius 2 is 2.31 bits per heavy atom. The Labute approximate surface area is 83.8 Å². The van der Waals surface area contributed by atoms with Crippen LogP contribution in [0.4, 0.5) is 4.39 Å². The van der Waals surface area contributed by atoms with Crippen LogP contribution in [0.1, 0.15) is 6.92 Å². The molecule has 0 spiro atoms. The summed E-state index contributed by atoms with van der Waals surface area (Å²) in [7, 11) is 0. The highest BCUT2D eigenvalue weighted by Gasteiger charge is 2.04. The van der Waals surface area contributed by atoms with E-state index in [1.54, 1.807) is 6.07 Å². The van der Waals surface area contributed by atoms with Crippen molar-refractivity contribution in [1.29, 1.82) is 0 Å². The number of carbonyl (C=O) groups is 1. The Bertz CT molecular complexity index is 325. The molecule has 4 heteroatoms. The summed E-state index contributed by atoms with van der Waals surface area (Å²) in [6.07, 6.45) is 0. The highest BCUT2D eigenvalue weighted by atomic mass is 79.9. The van der Waals surface area contributed by atoms with Crippen LogP contribution in [-0.2, 0) is 4.79 Å². The third kappa shape index (κ3) is 3.14. The van der Waals surface area contributed by atoms with Gasteiger partial charge in [-0.1, -0.05) is 15.9 Å². The fourth-order valence-corrected chi connectivity index (χ4v) is 1.10. The van der Waals surface area contributed by atoms with Gasteiger partial charge in [-0.05, 0) is 25.1 Å². The van der Waals surface area contributed by atoms with Crippen molar-refractivity contribution < 1.29 is 13.9 Å². The molecule has 0 aromatic heterocycles. The molecule has 0 atom stereocenters. The predicted molar refractivity (Wildman–Crippen MR) is 50.3 cm³/mol. The Morgan fingerprint density at radius 1 is 1.62 bits per heavy atom. The Kier molecular flexibility index (Phi) is 3.42. The standard InChI is InChI=1S/C9H8BrFO2/c1-6(12)5-13-9-3-2-7(10)4-8(9)11/h2-4H,5H2,1H3. The molecular formula is C9H8BrFO2. The minimum absolute atomic E-state index is 0.0957. The van der Waals surface area contributed by atoms with E-state index < -0.39 is 5.82 Å². The van der Waals surface area contributed by atoms with Crippen molar-refractivity contribution in [2.45, 2.75) is 6.92 Å². The van der Waals surface area contributed by atoms with Crippen LogP contribution in [0.15, 0.2) is 22.7 Å². The first-order chi connectivity index (χ1) is 6.09. The van der Waals surface area contributed by atoms with Crippen LogP contribution in [0.3, 0.4) is 0 Å². The van der Waals surface area contributed by atoms with E-state index in [0.717, 1.165) is 0 Å². The van der Waals surface area contributed by atoms with Crippen molar-refractivity contribution in [3.63, 3.8) is 0 Å². The van der Waals surface area contributed by atoms with Gasteiger partial charge in [0.1, 0.15) is 6.61 Å². The predicted octanol–water partition coefficient (Wildman–Crippen LogP) is 2.56. The summed E-state index contributed by atoms with van der Waals surface area (Å²) in [5.74, 6) is -0.517. The molecule has 0 unspecified atom stereocenters. The van der Waals surface area contributed by atoms with Gasteiger partial charge in [-0.25, -0.2) is 4.39 Å². The summed E-state index contributed by atoms with van der Waals surface area (Å²) in [5, 5.41) is 0. The lowest BCUT2D eigenvalue weighted by Gasteiger charge is -2.04. The lowest BCUT2D eigenvalue weighted by molar-refractivity contribution is -0.118. The first-order valence-electron chi connectivity index (χ1n) is 3.67. The van der Waals surface area contributed by atoms with E-state index in [1.165, 1.54) is 19.1 Å². The molecule has 0 aliphatic carbocycles. The molecule has 1 aromatic rings. The molecule has 0 bridgehead atoms. The first-order valence-corrected chi connectivity index (χ1v) is 4.46. The van der Waals surface area contributed by atoms with Crippen molar-refractivity contribution in [1.82, 2.24) is 0 Å². The number of hydrogen-bond acceptors (Lipinski definition) is 2. The molecule has 0 radical (unpaired) electrons. The average molecular weight is 247 g/mol.